The molecule has 0 saturated carbocycles. The molecular weight excluding hydrogens is 106 g/mol. The van der Waals surface area contributed by atoms with Crippen LogP contribution in [0.4, 0.5) is 0 Å². The Labute approximate surface area is 47.8 Å². The first-order chi connectivity index (χ1) is 3.93. The number of carbonyl (C=O) groups is 1. The minimum absolute atomic E-state index is 0.665. The molecule has 0 atom stereocenters. The molecule has 0 aromatic carbocycles. The number of amides is 1. The van der Waals surface area contributed by atoms with Crippen LogP contribution in [0.15, 0.2) is 0 Å². The zero-order chi connectivity index (χ0) is 5.82. The van der Waals surface area contributed by atoms with E-state index in [2.05, 4.69) is 10.9 Å². The van der Waals surface area contributed by atoms with Crippen molar-refractivity contribution in [2.24, 2.45) is 0 Å². The fourth-order valence-corrected chi connectivity index (χ4v) is 0.704. The fraction of sp³-hybridized carbons (Fsp3) is 0.750. The van der Waals surface area contributed by atoms with Crippen LogP contribution >= 0.6 is 0 Å². The standard InChI is InChI=1S/C4H9N3O/c8-4-6-7-3-1-2-5-7/h4-5H,1-3H2,(H,6,8). The average molecular weight is 115 g/mol. The summed E-state index contributed by atoms with van der Waals surface area (Å²) in [6.07, 6.45) is 1.76. The number of hydrogen-bond donors (Lipinski definition) is 2. The fourth-order valence-electron chi connectivity index (χ4n) is 0.704. The van der Waals surface area contributed by atoms with Crippen LogP contribution in [0, 0.1) is 0 Å². The van der Waals surface area contributed by atoms with Crippen LogP contribution in [0.3, 0.4) is 0 Å². The molecule has 0 aromatic heterocycles. The lowest BCUT2D eigenvalue weighted by Crippen LogP contribution is -2.42. The molecule has 0 spiro atoms. The minimum Gasteiger partial charge on any atom is -0.278 e. The van der Waals surface area contributed by atoms with Crippen LogP contribution in [0.1, 0.15) is 6.42 Å². The minimum atomic E-state index is 0.665. The summed E-state index contributed by atoms with van der Waals surface area (Å²) in [7, 11) is 0. The van der Waals surface area contributed by atoms with E-state index in [-0.39, 0.29) is 0 Å². The number of hydrogen-bond acceptors (Lipinski definition) is 3. The zero-order valence-corrected chi connectivity index (χ0v) is 4.55. The van der Waals surface area contributed by atoms with E-state index >= 15 is 0 Å². The summed E-state index contributed by atoms with van der Waals surface area (Å²) in [5.74, 6) is 0. The predicted octanol–water partition coefficient (Wildman–Crippen LogP) is -1.14. The third-order valence-corrected chi connectivity index (χ3v) is 1.07. The topological polar surface area (TPSA) is 44.4 Å². The quantitative estimate of drug-likeness (QED) is 0.447. The van der Waals surface area contributed by atoms with Gasteiger partial charge in [-0.1, -0.05) is 0 Å². The molecule has 4 heteroatoms. The first-order valence-electron chi connectivity index (χ1n) is 2.64. The molecule has 1 amide bonds. The summed E-state index contributed by atoms with van der Waals surface area (Å²) in [6, 6.07) is 0. The first-order valence-corrected chi connectivity index (χ1v) is 2.64. The largest absolute Gasteiger partial charge is 0.278 e. The molecule has 1 fully saturated rings. The molecule has 2 N–H and O–H groups in total. The lowest BCUT2D eigenvalue weighted by atomic mass is 10.5. The number of carbonyl (C=O) groups excluding carboxylic acids is 1. The molecule has 8 heavy (non-hydrogen) atoms. The maximum absolute atomic E-state index is 9.77. The molecule has 1 aliphatic rings. The van der Waals surface area contributed by atoms with Crippen molar-refractivity contribution in [2.75, 3.05) is 13.1 Å². The Hall–Kier alpha value is -0.610. The SMILES string of the molecule is O=CNN1CCCN1. The average Bonchev–Trinajstić information content (AvgIpc) is 2.19. The lowest BCUT2D eigenvalue weighted by Gasteiger charge is -2.10. The maximum atomic E-state index is 9.77. The summed E-state index contributed by atoms with van der Waals surface area (Å²) in [5, 5.41) is 1.67. The highest BCUT2D eigenvalue weighted by atomic mass is 16.1. The van der Waals surface area contributed by atoms with Gasteiger partial charge in [0.05, 0.1) is 0 Å². The molecule has 1 saturated heterocycles. The molecule has 0 aromatic rings. The summed E-state index contributed by atoms with van der Waals surface area (Å²) in [6.45, 7) is 1.86. The predicted molar refractivity (Wildman–Crippen MR) is 28.5 cm³/mol. The summed E-state index contributed by atoms with van der Waals surface area (Å²) in [4.78, 5) is 9.77. The maximum Gasteiger partial charge on any atom is 0.222 e. The molecule has 0 bridgehead atoms. The molecule has 0 unspecified atom stereocenters. The normalized spacial score (nSPS) is 21.0. The monoisotopic (exact) mass is 115 g/mol. The van der Waals surface area contributed by atoms with Crippen LogP contribution < -0.4 is 10.9 Å². The molecular formula is C4H9N3O. The summed E-state index contributed by atoms with van der Waals surface area (Å²) < 4.78 is 0. The van der Waals surface area contributed by atoms with Crippen molar-refractivity contribution in [3.05, 3.63) is 0 Å². The van der Waals surface area contributed by atoms with E-state index in [9.17, 15) is 4.79 Å². The van der Waals surface area contributed by atoms with Gasteiger partial charge in [0.15, 0.2) is 0 Å². The third-order valence-electron chi connectivity index (χ3n) is 1.07. The Morgan fingerprint density at radius 2 is 2.62 bits per heavy atom. The highest BCUT2D eigenvalue weighted by molar-refractivity contribution is 5.44. The van der Waals surface area contributed by atoms with Gasteiger partial charge in [0.2, 0.25) is 6.41 Å². The van der Waals surface area contributed by atoms with E-state index in [0.717, 1.165) is 19.5 Å². The van der Waals surface area contributed by atoms with Crippen molar-refractivity contribution < 1.29 is 4.79 Å². The van der Waals surface area contributed by atoms with Gasteiger partial charge >= 0.3 is 0 Å². The van der Waals surface area contributed by atoms with Gasteiger partial charge in [-0.2, -0.15) is 5.12 Å². The molecule has 0 aliphatic carbocycles. The van der Waals surface area contributed by atoms with Gasteiger partial charge in [-0.15, -0.1) is 0 Å². The summed E-state index contributed by atoms with van der Waals surface area (Å²) in [5.41, 5.74) is 5.43. The number of rotatable bonds is 2. The second-order valence-electron chi connectivity index (χ2n) is 1.66. The van der Waals surface area contributed by atoms with Crippen molar-refractivity contribution in [3.8, 4) is 0 Å². The van der Waals surface area contributed by atoms with Gasteiger partial charge in [0, 0.05) is 13.1 Å². The van der Waals surface area contributed by atoms with Gasteiger partial charge in [0.25, 0.3) is 0 Å². The highest BCUT2D eigenvalue weighted by Crippen LogP contribution is 1.88. The van der Waals surface area contributed by atoms with Crippen molar-refractivity contribution in [3.63, 3.8) is 0 Å². The van der Waals surface area contributed by atoms with Crippen LogP contribution in [0.25, 0.3) is 0 Å². The van der Waals surface area contributed by atoms with Crippen LogP contribution in [-0.4, -0.2) is 24.6 Å². The molecule has 1 rings (SSSR count). The highest BCUT2D eigenvalue weighted by Gasteiger charge is 2.07. The Morgan fingerprint density at radius 3 is 3.12 bits per heavy atom. The second kappa shape index (κ2) is 2.64. The number of nitrogens with one attached hydrogen (secondary N) is 2. The van der Waals surface area contributed by atoms with Crippen LogP contribution in [0.5, 0.6) is 0 Å². The Bertz CT molecular complexity index is 79.4. The zero-order valence-electron chi connectivity index (χ0n) is 4.55. The number of nitrogens with zero attached hydrogens (tertiary/aromatic N) is 1. The molecule has 1 aliphatic heterocycles. The smallest absolute Gasteiger partial charge is 0.222 e. The van der Waals surface area contributed by atoms with Gasteiger partial charge in [0.1, 0.15) is 0 Å². The van der Waals surface area contributed by atoms with Crippen LogP contribution in [0.2, 0.25) is 0 Å². The third kappa shape index (κ3) is 1.18. The van der Waals surface area contributed by atoms with Gasteiger partial charge in [-0.05, 0) is 6.42 Å². The van der Waals surface area contributed by atoms with Gasteiger partial charge in [-0.3, -0.25) is 10.2 Å². The van der Waals surface area contributed by atoms with Crippen molar-refractivity contribution >= 4 is 6.41 Å². The van der Waals surface area contributed by atoms with E-state index in [1.807, 2.05) is 0 Å². The van der Waals surface area contributed by atoms with Crippen molar-refractivity contribution in [1.29, 1.82) is 0 Å². The Balaban J connectivity index is 2.14. The molecule has 1 heterocycles. The van der Waals surface area contributed by atoms with Gasteiger partial charge in [-0.25, -0.2) is 5.43 Å². The Kier molecular flexibility index (Phi) is 1.82. The van der Waals surface area contributed by atoms with E-state index in [4.69, 9.17) is 0 Å². The molecule has 46 valence electrons. The van der Waals surface area contributed by atoms with E-state index in [1.54, 1.807) is 5.12 Å². The second-order valence-corrected chi connectivity index (χ2v) is 1.66. The van der Waals surface area contributed by atoms with Crippen LogP contribution in [-0.2, 0) is 4.79 Å². The first kappa shape index (κ1) is 5.53. The van der Waals surface area contributed by atoms with Crippen molar-refractivity contribution in [1.82, 2.24) is 16.0 Å². The molecule has 4 nitrogen and oxygen atoms in total. The van der Waals surface area contributed by atoms with E-state index in [0.29, 0.717) is 6.41 Å². The summed E-state index contributed by atoms with van der Waals surface area (Å²) >= 11 is 0. The van der Waals surface area contributed by atoms with E-state index < -0.39 is 0 Å². The van der Waals surface area contributed by atoms with E-state index in [1.165, 1.54) is 0 Å². The molecule has 0 radical (unpaired) electrons. The van der Waals surface area contributed by atoms with Crippen molar-refractivity contribution in [2.45, 2.75) is 6.42 Å². The lowest BCUT2D eigenvalue weighted by molar-refractivity contribution is -0.114. The number of hydrazine groups is 2. The van der Waals surface area contributed by atoms with Gasteiger partial charge < -0.3 is 0 Å². The Morgan fingerprint density at radius 1 is 1.75 bits per heavy atom.